The molecule has 1 aliphatic rings. The van der Waals surface area contributed by atoms with Crippen molar-refractivity contribution in [1.82, 2.24) is 15.0 Å². The summed E-state index contributed by atoms with van der Waals surface area (Å²) in [7, 11) is 0. The van der Waals surface area contributed by atoms with Crippen molar-refractivity contribution in [1.29, 1.82) is 0 Å². The molecular formula is C13H20N4O2S. The molecule has 1 atom stereocenters. The van der Waals surface area contributed by atoms with E-state index in [0.717, 1.165) is 25.9 Å². The SMILES string of the molecule is CCCC(C(N)=S)N1CCN(C(=O)c2ccon2)CC1. The van der Waals surface area contributed by atoms with Gasteiger partial charge in [-0.1, -0.05) is 30.7 Å². The van der Waals surface area contributed by atoms with Gasteiger partial charge in [0.1, 0.15) is 6.26 Å². The Kier molecular flexibility index (Phi) is 5.08. The number of aromatic nitrogens is 1. The predicted octanol–water partition coefficient (Wildman–Crippen LogP) is 0.887. The molecule has 0 aromatic carbocycles. The molecule has 6 nitrogen and oxygen atoms in total. The molecule has 0 radical (unpaired) electrons. The van der Waals surface area contributed by atoms with Gasteiger partial charge in [0.25, 0.3) is 5.91 Å². The number of carbonyl (C=O) groups is 1. The van der Waals surface area contributed by atoms with Crippen molar-refractivity contribution in [2.75, 3.05) is 26.2 Å². The fourth-order valence-corrected chi connectivity index (χ4v) is 2.77. The van der Waals surface area contributed by atoms with Crippen molar-refractivity contribution < 1.29 is 9.32 Å². The fourth-order valence-electron chi connectivity index (χ4n) is 2.50. The average Bonchev–Trinajstić information content (AvgIpc) is 2.98. The Labute approximate surface area is 123 Å². The Hall–Kier alpha value is -1.47. The molecule has 1 fully saturated rings. The smallest absolute Gasteiger partial charge is 0.276 e. The van der Waals surface area contributed by atoms with E-state index in [9.17, 15) is 4.79 Å². The first-order valence-corrected chi connectivity index (χ1v) is 7.27. The average molecular weight is 296 g/mol. The molecule has 0 spiro atoms. The summed E-state index contributed by atoms with van der Waals surface area (Å²) in [6.45, 7) is 5.01. The summed E-state index contributed by atoms with van der Waals surface area (Å²) in [5.41, 5.74) is 6.17. The molecule has 1 aromatic rings. The first-order chi connectivity index (χ1) is 9.63. The molecule has 0 saturated carbocycles. The van der Waals surface area contributed by atoms with Crippen LogP contribution in [0.1, 0.15) is 30.3 Å². The second kappa shape index (κ2) is 6.81. The normalized spacial score (nSPS) is 17.9. The number of piperazine rings is 1. The number of amides is 1. The van der Waals surface area contributed by atoms with Gasteiger partial charge in [-0.05, 0) is 6.42 Å². The van der Waals surface area contributed by atoms with Gasteiger partial charge in [0, 0.05) is 32.2 Å². The molecule has 110 valence electrons. The van der Waals surface area contributed by atoms with Crippen LogP contribution in [-0.4, -0.2) is 58.1 Å². The van der Waals surface area contributed by atoms with E-state index in [0.29, 0.717) is 23.8 Å². The van der Waals surface area contributed by atoms with Gasteiger partial charge in [0.15, 0.2) is 5.69 Å². The Morgan fingerprint density at radius 2 is 2.20 bits per heavy atom. The molecule has 1 aliphatic heterocycles. The minimum absolute atomic E-state index is 0.0826. The lowest BCUT2D eigenvalue weighted by Gasteiger charge is -2.38. The topological polar surface area (TPSA) is 75.6 Å². The van der Waals surface area contributed by atoms with Crippen molar-refractivity contribution >= 4 is 23.1 Å². The molecule has 7 heteroatoms. The number of nitrogens with two attached hydrogens (primary N) is 1. The van der Waals surface area contributed by atoms with Crippen LogP contribution < -0.4 is 5.73 Å². The molecular weight excluding hydrogens is 276 g/mol. The zero-order valence-corrected chi connectivity index (χ0v) is 12.4. The van der Waals surface area contributed by atoms with E-state index in [-0.39, 0.29) is 11.9 Å². The summed E-state index contributed by atoms with van der Waals surface area (Å²) in [5.74, 6) is -0.0826. The third-order valence-electron chi connectivity index (χ3n) is 3.59. The van der Waals surface area contributed by atoms with Crippen molar-refractivity contribution in [3.63, 3.8) is 0 Å². The van der Waals surface area contributed by atoms with E-state index in [2.05, 4.69) is 17.0 Å². The summed E-state index contributed by atoms with van der Waals surface area (Å²) >= 11 is 5.14. The van der Waals surface area contributed by atoms with Gasteiger partial charge in [0.2, 0.25) is 0 Å². The van der Waals surface area contributed by atoms with Crippen molar-refractivity contribution in [2.45, 2.75) is 25.8 Å². The maximum absolute atomic E-state index is 12.1. The van der Waals surface area contributed by atoms with Crippen LogP contribution in [-0.2, 0) is 0 Å². The van der Waals surface area contributed by atoms with Crippen LogP contribution in [0.25, 0.3) is 0 Å². The molecule has 1 unspecified atom stereocenters. The van der Waals surface area contributed by atoms with E-state index < -0.39 is 0 Å². The van der Waals surface area contributed by atoms with E-state index in [1.165, 1.54) is 6.26 Å². The summed E-state index contributed by atoms with van der Waals surface area (Å²) in [5, 5.41) is 3.68. The Balaban J connectivity index is 1.91. The highest BCUT2D eigenvalue weighted by Crippen LogP contribution is 2.13. The zero-order valence-electron chi connectivity index (χ0n) is 11.6. The number of thiocarbonyl (C=S) groups is 1. The zero-order chi connectivity index (χ0) is 14.5. The number of hydrogen-bond donors (Lipinski definition) is 1. The summed E-state index contributed by atoms with van der Waals surface area (Å²) in [6, 6.07) is 1.73. The molecule has 2 heterocycles. The van der Waals surface area contributed by atoms with Crippen molar-refractivity contribution in [3.8, 4) is 0 Å². The predicted molar refractivity (Wildman–Crippen MR) is 79.5 cm³/mol. The summed E-state index contributed by atoms with van der Waals surface area (Å²) < 4.78 is 4.71. The largest absolute Gasteiger partial charge is 0.392 e. The van der Waals surface area contributed by atoms with Crippen LogP contribution in [0, 0.1) is 0 Å². The van der Waals surface area contributed by atoms with E-state index in [4.69, 9.17) is 22.5 Å². The van der Waals surface area contributed by atoms with Gasteiger partial charge >= 0.3 is 0 Å². The van der Waals surface area contributed by atoms with Crippen molar-refractivity contribution in [3.05, 3.63) is 18.0 Å². The van der Waals surface area contributed by atoms with Crippen LogP contribution in [0.3, 0.4) is 0 Å². The molecule has 1 saturated heterocycles. The second-order valence-corrected chi connectivity index (χ2v) is 5.39. The summed E-state index contributed by atoms with van der Waals surface area (Å²) in [4.78, 5) is 16.7. The second-order valence-electron chi connectivity index (χ2n) is 4.92. The lowest BCUT2D eigenvalue weighted by Crippen LogP contribution is -2.54. The Morgan fingerprint density at radius 1 is 1.50 bits per heavy atom. The van der Waals surface area contributed by atoms with Gasteiger partial charge in [0.05, 0.1) is 11.0 Å². The van der Waals surface area contributed by atoms with Gasteiger partial charge in [-0.2, -0.15) is 0 Å². The monoisotopic (exact) mass is 296 g/mol. The minimum Gasteiger partial charge on any atom is -0.392 e. The first kappa shape index (κ1) is 14.9. The van der Waals surface area contributed by atoms with E-state index in [1.54, 1.807) is 11.0 Å². The van der Waals surface area contributed by atoms with Crippen LogP contribution >= 0.6 is 12.2 Å². The third kappa shape index (κ3) is 3.34. The number of carbonyl (C=O) groups excluding carboxylic acids is 1. The van der Waals surface area contributed by atoms with E-state index in [1.807, 2.05) is 0 Å². The molecule has 0 bridgehead atoms. The highest BCUT2D eigenvalue weighted by molar-refractivity contribution is 7.80. The molecule has 20 heavy (non-hydrogen) atoms. The standard InChI is InChI=1S/C13H20N4O2S/c1-2-3-11(12(14)20)16-5-7-17(8-6-16)13(18)10-4-9-19-15-10/h4,9,11H,2-3,5-8H2,1H3,(H2,14,20). The molecule has 2 rings (SSSR count). The minimum atomic E-state index is -0.0826. The number of rotatable bonds is 5. The molecule has 0 aliphatic carbocycles. The molecule has 2 N–H and O–H groups in total. The Morgan fingerprint density at radius 3 is 2.70 bits per heavy atom. The Bertz CT molecular complexity index is 455. The van der Waals surface area contributed by atoms with E-state index >= 15 is 0 Å². The lowest BCUT2D eigenvalue weighted by molar-refractivity contribution is 0.0599. The summed E-state index contributed by atoms with van der Waals surface area (Å²) in [6.07, 6.45) is 3.42. The van der Waals surface area contributed by atoms with Gasteiger partial charge < -0.3 is 15.2 Å². The fraction of sp³-hybridized carbons (Fsp3) is 0.615. The van der Waals surface area contributed by atoms with Crippen LogP contribution in [0.2, 0.25) is 0 Å². The maximum atomic E-state index is 12.1. The van der Waals surface area contributed by atoms with Gasteiger partial charge in [-0.3, -0.25) is 9.69 Å². The van der Waals surface area contributed by atoms with Gasteiger partial charge in [-0.25, -0.2) is 0 Å². The number of nitrogens with zero attached hydrogens (tertiary/aromatic N) is 3. The van der Waals surface area contributed by atoms with Gasteiger partial charge in [-0.15, -0.1) is 0 Å². The highest BCUT2D eigenvalue weighted by Gasteiger charge is 2.28. The maximum Gasteiger partial charge on any atom is 0.276 e. The third-order valence-corrected chi connectivity index (χ3v) is 3.86. The van der Waals surface area contributed by atoms with Crippen molar-refractivity contribution in [2.24, 2.45) is 5.73 Å². The quantitative estimate of drug-likeness (QED) is 0.813. The first-order valence-electron chi connectivity index (χ1n) is 6.86. The van der Waals surface area contributed by atoms with Crippen LogP contribution in [0.15, 0.2) is 16.9 Å². The lowest BCUT2D eigenvalue weighted by atomic mass is 10.1. The number of hydrogen-bond acceptors (Lipinski definition) is 5. The van der Waals surface area contributed by atoms with Crippen LogP contribution in [0.5, 0.6) is 0 Å². The molecule has 1 aromatic heterocycles. The molecule has 1 amide bonds. The van der Waals surface area contributed by atoms with Crippen LogP contribution in [0.4, 0.5) is 0 Å². The highest BCUT2D eigenvalue weighted by atomic mass is 32.1.